The Labute approximate surface area is 60.2 Å². The molecule has 1 N–H and O–H groups in total. The third-order valence-corrected chi connectivity index (χ3v) is 2.87. The van der Waals surface area contributed by atoms with E-state index in [0.717, 1.165) is 6.54 Å². The average molecular weight is 147 g/mol. The van der Waals surface area contributed by atoms with Gasteiger partial charge in [-0.25, -0.2) is 0 Å². The van der Waals surface area contributed by atoms with E-state index < -0.39 is 0 Å². The molecule has 0 radical (unpaired) electrons. The first-order valence-electron chi connectivity index (χ1n) is 3.30. The number of thioether (sulfide) groups is 1. The number of rotatable bonds is 2. The van der Waals surface area contributed by atoms with Gasteiger partial charge in [0.05, 0.1) is 0 Å². The minimum absolute atomic E-state index is 0.681. The van der Waals surface area contributed by atoms with Crippen LogP contribution in [0.25, 0.3) is 0 Å². The van der Waals surface area contributed by atoms with E-state index in [9.17, 15) is 0 Å². The minimum Gasteiger partial charge on any atom is -0.314 e. The van der Waals surface area contributed by atoms with Crippen LogP contribution >= 0.6 is 11.8 Å². The molecule has 0 saturated carbocycles. The normalized spacial score (nSPS) is 27.7. The van der Waals surface area contributed by atoms with Crippen LogP contribution in [0, 0.1) is 0 Å². The predicted molar refractivity (Wildman–Crippen MR) is 39.9 cm³/mol. The van der Waals surface area contributed by atoms with Gasteiger partial charge < -0.3 is 5.21 Å². The molecule has 0 aliphatic carbocycles. The molecule has 1 fully saturated rings. The Balaban J connectivity index is 2.11. The fourth-order valence-corrected chi connectivity index (χ4v) is 2.40. The molecule has 0 bridgehead atoms. The van der Waals surface area contributed by atoms with Gasteiger partial charge in [0.2, 0.25) is 0 Å². The highest BCUT2D eigenvalue weighted by Gasteiger charge is 2.15. The van der Waals surface area contributed by atoms with Gasteiger partial charge in [-0.05, 0) is 18.6 Å². The van der Waals surface area contributed by atoms with Gasteiger partial charge in [-0.3, -0.25) is 0 Å². The quantitative estimate of drug-likeness (QED) is 0.594. The maximum atomic E-state index is 8.83. The Morgan fingerprint density at radius 3 is 3.00 bits per heavy atom. The molecule has 0 aromatic rings. The zero-order valence-corrected chi connectivity index (χ0v) is 6.52. The van der Waals surface area contributed by atoms with Crippen molar-refractivity contribution >= 4 is 11.8 Å². The van der Waals surface area contributed by atoms with Gasteiger partial charge in [0.25, 0.3) is 0 Å². The number of hydroxylamine groups is 2. The van der Waals surface area contributed by atoms with E-state index in [1.807, 2.05) is 11.8 Å². The summed E-state index contributed by atoms with van der Waals surface area (Å²) in [5, 5.41) is 10.8. The van der Waals surface area contributed by atoms with Gasteiger partial charge in [0, 0.05) is 18.8 Å². The monoisotopic (exact) mass is 147 g/mol. The van der Waals surface area contributed by atoms with Crippen LogP contribution in [0.15, 0.2) is 0 Å². The highest BCUT2D eigenvalue weighted by Crippen LogP contribution is 2.25. The molecule has 54 valence electrons. The van der Waals surface area contributed by atoms with Gasteiger partial charge in [-0.2, -0.15) is 16.8 Å². The fraction of sp³-hybridized carbons (Fsp3) is 1.00. The Bertz CT molecular complexity index is 81.1. The van der Waals surface area contributed by atoms with Gasteiger partial charge in [-0.1, -0.05) is 0 Å². The van der Waals surface area contributed by atoms with Crippen LogP contribution in [-0.4, -0.2) is 34.9 Å². The summed E-state index contributed by atoms with van der Waals surface area (Å²) >= 11 is 1.97. The molecule has 1 saturated heterocycles. The van der Waals surface area contributed by atoms with E-state index in [1.54, 1.807) is 7.05 Å². The number of nitrogens with zero attached hydrogens (tertiary/aromatic N) is 1. The maximum absolute atomic E-state index is 8.83. The molecule has 3 heteroatoms. The minimum atomic E-state index is 0.681. The summed E-state index contributed by atoms with van der Waals surface area (Å²) in [5.74, 6) is 1.28. The Kier molecular flexibility index (Phi) is 2.82. The topological polar surface area (TPSA) is 23.5 Å². The molecular weight excluding hydrogens is 134 g/mol. The fourth-order valence-electron chi connectivity index (χ4n) is 1.08. The summed E-state index contributed by atoms with van der Waals surface area (Å²) in [5.41, 5.74) is 0. The molecule has 0 amide bonds. The zero-order valence-electron chi connectivity index (χ0n) is 5.71. The van der Waals surface area contributed by atoms with Crippen LogP contribution in [0.3, 0.4) is 0 Å². The third kappa shape index (κ3) is 2.56. The van der Waals surface area contributed by atoms with E-state index in [-0.39, 0.29) is 0 Å². The van der Waals surface area contributed by atoms with Crippen molar-refractivity contribution in [3.05, 3.63) is 0 Å². The van der Waals surface area contributed by atoms with Crippen molar-refractivity contribution in [2.75, 3.05) is 19.3 Å². The second-order valence-corrected chi connectivity index (χ2v) is 3.88. The molecule has 1 unspecified atom stereocenters. The standard InChI is InChI=1S/C6H13NOS/c1-7(8)5-6-3-2-4-9-6/h6,8H,2-5H2,1H3. The third-order valence-electron chi connectivity index (χ3n) is 1.49. The highest BCUT2D eigenvalue weighted by molar-refractivity contribution is 8.00. The Morgan fingerprint density at radius 2 is 2.56 bits per heavy atom. The molecule has 1 aliphatic heterocycles. The van der Waals surface area contributed by atoms with E-state index in [1.165, 1.54) is 23.7 Å². The lowest BCUT2D eigenvalue weighted by Gasteiger charge is -2.12. The van der Waals surface area contributed by atoms with Gasteiger partial charge >= 0.3 is 0 Å². The van der Waals surface area contributed by atoms with Crippen molar-refractivity contribution in [1.29, 1.82) is 0 Å². The summed E-state index contributed by atoms with van der Waals surface area (Å²) in [4.78, 5) is 0. The lowest BCUT2D eigenvalue weighted by Crippen LogP contribution is -2.22. The number of hydrogen-bond acceptors (Lipinski definition) is 3. The molecule has 1 rings (SSSR count). The van der Waals surface area contributed by atoms with Crippen molar-refractivity contribution in [1.82, 2.24) is 5.06 Å². The summed E-state index contributed by atoms with van der Waals surface area (Å²) in [6, 6.07) is 0. The summed E-state index contributed by atoms with van der Waals surface area (Å²) < 4.78 is 0. The molecule has 2 nitrogen and oxygen atoms in total. The van der Waals surface area contributed by atoms with E-state index >= 15 is 0 Å². The lowest BCUT2D eigenvalue weighted by atomic mass is 10.2. The van der Waals surface area contributed by atoms with E-state index in [4.69, 9.17) is 5.21 Å². The van der Waals surface area contributed by atoms with Crippen molar-refractivity contribution in [2.24, 2.45) is 0 Å². The first-order chi connectivity index (χ1) is 4.29. The molecule has 0 aromatic heterocycles. The highest BCUT2D eigenvalue weighted by atomic mass is 32.2. The summed E-state index contributed by atoms with van der Waals surface area (Å²) in [6.07, 6.45) is 2.60. The number of hydrogen-bond donors (Lipinski definition) is 1. The van der Waals surface area contributed by atoms with Crippen molar-refractivity contribution < 1.29 is 5.21 Å². The predicted octanol–water partition coefficient (Wildman–Crippen LogP) is 1.20. The first-order valence-corrected chi connectivity index (χ1v) is 4.35. The largest absolute Gasteiger partial charge is 0.314 e. The zero-order chi connectivity index (χ0) is 6.69. The van der Waals surface area contributed by atoms with Crippen LogP contribution < -0.4 is 0 Å². The van der Waals surface area contributed by atoms with Crippen LogP contribution in [-0.2, 0) is 0 Å². The second-order valence-electron chi connectivity index (χ2n) is 2.48. The summed E-state index contributed by atoms with van der Waals surface area (Å²) in [6.45, 7) is 0.824. The van der Waals surface area contributed by atoms with E-state index in [0.29, 0.717) is 5.25 Å². The second kappa shape index (κ2) is 3.44. The van der Waals surface area contributed by atoms with Gasteiger partial charge in [0.15, 0.2) is 0 Å². The maximum Gasteiger partial charge on any atom is 0.0354 e. The Morgan fingerprint density at radius 1 is 1.78 bits per heavy atom. The van der Waals surface area contributed by atoms with Crippen molar-refractivity contribution in [3.8, 4) is 0 Å². The van der Waals surface area contributed by atoms with Crippen molar-refractivity contribution in [2.45, 2.75) is 18.1 Å². The molecule has 1 heterocycles. The molecular formula is C6H13NOS. The average Bonchev–Trinajstić information content (AvgIpc) is 2.15. The van der Waals surface area contributed by atoms with Crippen molar-refractivity contribution in [3.63, 3.8) is 0 Å². The van der Waals surface area contributed by atoms with E-state index in [2.05, 4.69) is 0 Å². The van der Waals surface area contributed by atoms with Crippen LogP contribution in [0.4, 0.5) is 0 Å². The molecule has 0 aromatic carbocycles. The van der Waals surface area contributed by atoms with Crippen LogP contribution in [0.5, 0.6) is 0 Å². The SMILES string of the molecule is CN(O)CC1CCCS1. The molecule has 1 atom stereocenters. The molecule has 1 aliphatic rings. The van der Waals surface area contributed by atoms with Crippen LogP contribution in [0.2, 0.25) is 0 Å². The first kappa shape index (κ1) is 7.38. The van der Waals surface area contributed by atoms with Gasteiger partial charge in [0.1, 0.15) is 0 Å². The molecule has 9 heavy (non-hydrogen) atoms. The summed E-state index contributed by atoms with van der Waals surface area (Å²) in [7, 11) is 1.71. The van der Waals surface area contributed by atoms with Gasteiger partial charge in [-0.15, -0.1) is 0 Å². The molecule has 0 spiro atoms. The Hall–Kier alpha value is 0.270. The smallest absolute Gasteiger partial charge is 0.0354 e. The van der Waals surface area contributed by atoms with Crippen LogP contribution in [0.1, 0.15) is 12.8 Å². The lowest BCUT2D eigenvalue weighted by molar-refractivity contribution is -0.0638.